The van der Waals surface area contributed by atoms with Gasteiger partial charge in [-0.2, -0.15) is 11.3 Å². The maximum absolute atomic E-state index is 10.7. The summed E-state index contributed by atoms with van der Waals surface area (Å²) in [6, 6.07) is 2.15. The van der Waals surface area contributed by atoms with Crippen LogP contribution < -0.4 is 0 Å². The molecule has 2 aromatic heterocycles. The molecule has 1 saturated heterocycles. The molecule has 5 nitrogen and oxygen atoms in total. The summed E-state index contributed by atoms with van der Waals surface area (Å²) >= 11 is 1.72. The van der Waals surface area contributed by atoms with Crippen LogP contribution in [0.5, 0.6) is 0 Å². The molecule has 0 saturated carbocycles. The van der Waals surface area contributed by atoms with Gasteiger partial charge in [0.2, 0.25) is 0 Å². The van der Waals surface area contributed by atoms with Gasteiger partial charge in [-0.25, -0.2) is 4.68 Å². The van der Waals surface area contributed by atoms with Crippen LogP contribution in [-0.4, -0.2) is 43.7 Å². The monoisotopic (exact) mass is 278 g/mol. The second kappa shape index (κ2) is 5.40. The van der Waals surface area contributed by atoms with Gasteiger partial charge in [-0.15, -0.1) is 5.10 Å². The number of thiophene rings is 1. The van der Waals surface area contributed by atoms with E-state index >= 15 is 0 Å². The van der Waals surface area contributed by atoms with Gasteiger partial charge in [0.05, 0.1) is 18.3 Å². The molecule has 3 heterocycles. The molecule has 102 valence electrons. The van der Waals surface area contributed by atoms with Gasteiger partial charge in [0.1, 0.15) is 0 Å². The molecule has 6 heteroatoms. The molecule has 3 rings (SSSR count). The smallest absolute Gasteiger partial charge is 0.0970 e. The minimum absolute atomic E-state index is 0.521. The Morgan fingerprint density at radius 3 is 3.16 bits per heavy atom. The number of nitrogens with zero attached hydrogens (tertiary/aromatic N) is 4. The summed E-state index contributed by atoms with van der Waals surface area (Å²) in [5.74, 6) is 0. The van der Waals surface area contributed by atoms with Crippen molar-refractivity contribution in [3.05, 3.63) is 34.8 Å². The number of aromatic nitrogens is 3. The van der Waals surface area contributed by atoms with Crippen LogP contribution in [0.1, 0.15) is 18.4 Å². The van der Waals surface area contributed by atoms with Gasteiger partial charge in [0, 0.05) is 19.3 Å². The Labute approximate surface area is 116 Å². The molecular weight excluding hydrogens is 260 g/mol. The van der Waals surface area contributed by atoms with E-state index in [0.717, 1.165) is 25.9 Å². The number of hydrogen-bond donors (Lipinski definition) is 1. The topological polar surface area (TPSA) is 54.2 Å². The third-order valence-electron chi connectivity index (χ3n) is 3.55. The van der Waals surface area contributed by atoms with Crippen molar-refractivity contribution >= 4 is 11.3 Å². The summed E-state index contributed by atoms with van der Waals surface area (Å²) in [6.45, 7) is 3.19. The first-order chi connectivity index (χ1) is 9.23. The number of β-amino-alcohol motifs (C(OH)–C–C–N with tert-alkyl or cyclic N) is 1. The van der Waals surface area contributed by atoms with E-state index in [-0.39, 0.29) is 0 Å². The average molecular weight is 278 g/mol. The number of hydrogen-bond acceptors (Lipinski definition) is 5. The lowest BCUT2D eigenvalue weighted by atomic mass is 9.92. The first-order valence-electron chi connectivity index (χ1n) is 6.53. The maximum Gasteiger partial charge on any atom is 0.0970 e. The third kappa shape index (κ3) is 3.20. The van der Waals surface area contributed by atoms with Crippen LogP contribution in [0.2, 0.25) is 0 Å². The average Bonchev–Trinajstić information content (AvgIpc) is 3.02. The summed E-state index contributed by atoms with van der Waals surface area (Å²) < 4.78 is 1.72. The Balaban J connectivity index is 1.63. The Kier molecular flexibility index (Phi) is 3.63. The van der Waals surface area contributed by atoms with E-state index in [4.69, 9.17) is 0 Å². The van der Waals surface area contributed by atoms with Crippen molar-refractivity contribution in [3.63, 3.8) is 0 Å². The van der Waals surface area contributed by atoms with Gasteiger partial charge in [-0.1, -0.05) is 5.21 Å². The molecule has 1 unspecified atom stereocenters. The molecule has 2 aromatic rings. The molecule has 1 fully saturated rings. The van der Waals surface area contributed by atoms with E-state index in [1.165, 1.54) is 5.56 Å². The summed E-state index contributed by atoms with van der Waals surface area (Å²) in [5.41, 5.74) is 0.636. The molecule has 0 radical (unpaired) electrons. The molecule has 1 N–H and O–H groups in total. The van der Waals surface area contributed by atoms with Crippen molar-refractivity contribution in [2.75, 3.05) is 13.1 Å². The van der Waals surface area contributed by atoms with Crippen LogP contribution in [0.4, 0.5) is 0 Å². The highest BCUT2D eigenvalue weighted by Crippen LogP contribution is 2.24. The number of rotatable bonds is 4. The van der Waals surface area contributed by atoms with Gasteiger partial charge in [0.15, 0.2) is 0 Å². The normalized spacial score (nSPS) is 24.7. The quantitative estimate of drug-likeness (QED) is 0.917. The molecule has 0 amide bonds. The fourth-order valence-electron chi connectivity index (χ4n) is 2.73. The van der Waals surface area contributed by atoms with Crippen LogP contribution in [0.15, 0.2) is 29.2 Å². The maximum atomic E-state index is 10.7. The van der Waals surface area contributed by atoms with E-state index in [1.54, 1.807) is 28.4 Å². The SMILES string of the molecule is OC1(Cn2ccnn2)CCCN(Cc2ccsc2)C1. The molecular formula is C13H18N4OS. The van der Waals surface area contributed by atoms with Gasteiger partial charge in [0.25, 0.3) is 0 Å². The van der Waals surface area contributed by atoms with Gasteiger partial charge >= 0.3 is 0 Å². The molecule has 1 atom stereocenters. The summed E-state index contributed by atoms with van der Waals surface area (Å²) in [4.78, 5) is 2.32. The zero-order valence-corrected chi connectivity index (χ0v) is 11.6. The van der Waals surface area contributed by atoms with Crippen molar-refractivity contribution in [3.8, 4) is 0 Å². The van der Waals surface area contributed by atoms with Gasteiger partial charge < -0.3 is 5.11 Å². The van der Waals surface area contributed by atoms with Crippen LogP contribution in [-0.2, 0) is 13.1 Å². The molecule has 0 aliphatic carbocycles. The first-order valence-corrected chi connectivity index (χ1v) is 7.48. The van der Waals surface area contributed by atoms with E-state index in [1.807, 2.05) is 0 Å². The highest BCUT2D eigenvalue weighted by molar-refractivity contribution is 7.07. The van der Waals surface area contributed by atoms with Crippen molar-refractivity contribution in [1.82, 2.24) is 19.9 Å². The van der Waals surface area contributed by atoms with Crippen LogP contribution in [0.3, 0.4) is 0 Å². The van der Waals surface area contributed by atoms with Crippen molar-refractivity contribution in [1.29, 1.82) is 0 Å². The lowest BCUT2D eigenvalue weighted by Gasteiger charge is -2.39. The fraction of sp³-hybridized carbons (Fsp3) is 0.538. The highest BCUT2D eigenvalue weighted by Gasteiger charge is 2.33. The minimum Gasteiger partial charge on any atom is -0.387 e. The Morgan fingerprint density at radius 2 is 2.42 bits per heavy atom. The van der Waals surface area contributed by atoms with Crippen LogP contribution in [0.25, 0.3) is 0 Å². The van der Waals surface area contributed by atoms with Gasteiger partial charge in [-0.3, -0.25) is 4.90 Å². The van der Waals surface area contributed by atoms with E-state index in [2.05, 4.69) is 32.0 Å². The standard InChI is InChI=1S/C13H18N4OS/c18-13(11-17-6-4-14-15-17)3-1-5-16(10-13)8-12-2-7-19-9-12/h2,4,6-7,9,18H,1,3,5,8,10-11H2. The number of likely N-dealkylation sites (tertiary alicyclic amines) is 1. The van der Waals surface area contributed by atoms with E-state index in [0.29, 0.717) is 13.1 Å². The van der Waals surface area contributed by atoms with E-state index < -0.39 is 5.60 Å². The van der Waals surface area contributed by atoms with Gasteiger partial charge in [-0.05, 0) is 41.8 Å². The van der Waals surface area contributed by atoms with Crippen LogP contribution in [0, 0.1) is 0 Å². The number of aliphatic hydroxyl groups is 1. The molecule has 1 aliphatic heterocycles. The molecule has 0 bridgehead atoms. The Morgan fingerprint density at radius 1 is 1.47 bits per heavy atom. The third-order valence-corrected chi connectivity index (χ3v) is 4.28. The van der Waals surface area contributed by atoms with Crippen molar-refractivity contribution in [2.45, 2.75) is 31.5 Å². The lowest BCUT2D eigenvalue weighted by Crippen LogP contribution is -2.50. The molecule has 0 aromatic carbocycles. The Bertz CT molecular complexity index is 499. The summed E-state index contributed by atoms with van der Waals surface area (Å²) in [7, 11) is 0. The second-order valence-electron chi connectivity index (χ2n) is 5.27. The summed E-state index contributed by atoms with van der Waals surface area (Å²) in [6.07, 6.45) is 5.30. The zero-order chi connectivity index (χ0) is 13.1. The van der Waals surface area contributed by atoms with Crippen molar-refractivity contribution < 1.29 is 5.11 Å². The Hall–Kier alpha value is -1.24. The van der Waals surface area contributed by atoms with Crippen molar-refractivity contribution in [2.24, 2.45) is 0 Å². The minimum atomic E-state index is -0.692. The lowest BCUT2D eigenvalue weighted by molar-refractivity contribution is -0.0478. The molecule has 0 spiro atoms. The molecule has 19 heavy (non-hydrogen) atoms. The highest BCUT2D eigenvalue weighted by atomic mass is 32.1. The zero-order valence-electron chi connectivity index (χ0n) is 10.8. The molecule has 1 aliphatic rings. The van der Waals surface area contributed by atoms with Crippen LogP contribution >= 0.6 is 11.3 Å². The predicted molar refractivity (Wildman–Crippen MR) is 73.8 cm³/mol. The van der Waals surface area contributed by atoms with E-state index in [9.17, 15) is 5.11 Å². The second-order valence-corrected chi connectivity index (χ2v) is 6.05. The fourth-order valence-corrected chi connectivity index (χ4v) is 3.39. The summed E-state index contributed by atoms with van der Waals surface area (Å²) in [5, 5.41) is 22.7. The predicted octanol–water partition coefficient (Wildman–Crippen LogP) is 1.37. The first kappa shape index (κ1) is 12.8. The largest absolute Gasteiger partial charge is 0.387 e. The number of piperidine rings is 1.